The molecule has 0 amide bonds. The summed E-state index contributed by atoms with van der Waals surface area (Å²) in [6, 6.07) is 4.98. The van der Waals surface area contributed by atoms with E-state index in [-0.39, 0.29) is 0 Å². The maximum Gasteiger partial charge on any atom is 0.0112 e. The van der Waals surface area contributed by atoms with E-state index in [0.717, 1.165) is 18.7 Å². The second kappa shape index (κ2) is 7.56. The topological polar surface area (TPSA) is 3.24 Å². The third kappa shape index (κ3) is 4.29. The molecule has 0 aromatic carbocycles. The summed E-state index contributed by atoms with van der Waals surface area (Å²) in [4.78, 5) is 3.99. The zero-order valence-electron chi connectivity index (χ0n) is 12.1. The summed E-state index contributed by atoms with van der Waals surface area (Å²) < 4.78 is 0. The molecule has 1 rings (SSSR count). The van der Waals surface area contributed by atoms with Gasteiger partial charge in [-0.05, 0) is 55.8 Å². The van der Waals surface area contributed by atoms with Crippen LogP contribution in [0.1, 0.15) is 38.5 Å². The Morgan fingerprint density at radius 1 is 1.39 bits per heavy atom. The van der Waals surface area contributed by atoms with E-state index in [4.69, 9.17) is 0 Å². The van der Waals surface area contributed by atoms with Crippen molar-refractivity contribution in [3.63, 3.8) is 0 Å². The molecule has 0 spiro atoms. The van der Waals surface area contributed by atoms with Gasteiger partial charge in [-0.15, -0.1) is 11.3 Å². The number of thiol groups is 1. The van der Waals surface area contributed by atoms with E-state index < -0.39 is 0 Å². The van der Waals surface area contributed by atoms with Crippen molar-refractivity contribution in [3.05, 3.63) is 22.4 Å². The minimum absolute atomic E-state index is 0.377. The largest absolute Gasteiger partial charge is 0.303 e. The van der Waals surface area contributed by atoms with Crippen molar-refractivity contribution in [1.82, 2.24) is 4.90 Å². The van der Waals surface area contributed by atoms with Crippen molar-refractivity contribution < 1.29 is 0 Å². The zero-order valence-corrected chi connectivity index (χ0v) is 13.9. The summed E-state index contributed by atoms with van der Waals surface area (Å²) in [6.07, 6.45) is 3.58. The van der Waals surface area contributed by atoms with E-state index in [1.807, 2.05) is 11.3 Å². The quantitative estimate of drug-likeness (QED) is 0.695. The van der Waals surface area contributed by atoms with Gasteiger partial charge in [0.2, 0.25) is 0 Å². The van der Waals surface area contributed by atoms with Gasteiger partial charge in [0, 0.05) is 17.5 Å². The molecule has 0 aliphatic rings. The van der Waals surface area contributed by atoms with Crippen molar-refractivity contribution in [1.29, 1.82) is 0 Å². The Labute approximate surface area is 122 Å². The van der Waals surface area contributed by atoms with Gasteiger partial charge in [-0.25, -0.2) is 0 Å². The van der Waals surface area contributed by atoms with E-state index >= 15 is 0 Å². The Balaban J connectivity index is 2.55. The zero-order chi connectivity index (χ0) is 13.6. The highest BCUT2D eigenvalue weighted by Crippen LogP contribution is 2.29. The number of rotatable bonds is 8. The smallest absolute Gasteiger partial charge is 0.0112 e. The average Bonchev–Trinajstić information content (AvgIpc) is 2.88. The van der Waals surface area contributed by atoms with Gasteiger partial charge in [0.15, 0.2) is 0 Å². The monoisotopic (exact) mass is 285 g/mol. The first-order valence-electron chi connectivity index (χ1n) is 6.90. The Kier molecular flexibility index (Phi) is 6.75. The lowest BCUT2D eigenvalue weighted by atomic mass is 9.83. The summed E-state index contributed by atoms with van der Waals surface area (Å²) >= 11 is 6.43. The summed E-state index contributed by atoms with van der Waals surface area (Å²) in [5.41, 5.74) is 0.377. The number of nitrogens with zero attached hydrogens (tertiary/aromatic N) is 1. The van der Waals surface area contributed by atoms with Gasteiger partial charge < -0.3 is 4.90 Å². The van der Waals surface area contributed by atoms with Gasteiger partial charge in [-0.3, -0.25) is 0 Å². The van der Waals surface area contributed by atoms with Crippen LogP contribution in [-0.2, 0) is 6.42 Å². The third-order valence-corrected chi connectivity index (χ3v) is 5.82. The molecule has 0 aliphatic carbocycles. The van der Waals surface area contributed by atoms with E-state index in [2.05, 4.69) is 62.9 Å². The normalized spacial score (nSPS) is 14.1. The van der Waals surface area contributed by atoms with Crippen molar-refractivity contribution in [3.8, 4) is 0 Å². The number of hydrogen-bond acceptors (Lipinski definition) is 3. The average molecular weight is 286 g/mol. The standard InChI is InChI=1S/C15H27NS2/c1-5-15(6-2,12-17)11-16(4)13(3)10-14-8-7-9-18-14/h7-9,13,17H,5-6,10-12H2,1-4H3. The fourth-order valence-corrected chi connectivity index (χ4v) is 3.68. The molecule has 0 aliphatic heterocycles. The molecule has 0 saturated carbocycles. The Morgan fingerprint density at radius 3 is 2.50 bits per heavy atom. The minimum atomic E-state index is 0.377. The molecule has 0 N–H and O–H groups in total. The highest BCUT2D eigenvalue weighted by atomic mass is 32.1. The first-order chi connectivity index (χ1) is 8.56. The summed E-state index contributed by atoms with van der Waals surface area (Å²) in [5.74, 6) is 0.982. The van der Waals surface area contributed by atoms with Gasteiger partial charge in [-0.1, -0.05) is 19.9 Å². The van der Waals surface area contributed by atoms with E-state index in [9.17, 15) is 0 Å². The minimum Gasteiger partial charge on any atom is -0.303 e. The molecule has 0 saturated heterocycles. The van der Waals surface area contributed by atoms with Crippen LogP contribution in [-0.4, -0.2) is 30.3 Å². The molecule has 0 fully saturated rings. The summed E-state index contributed by atoms with van der Waals surface area (Å²) in [5, 5.41) is 2.16. The molecule has 3 heteroatoms. The molecule has 104 valence electrons. The van der Waals surface area contributed by atoms with Crippen LogP contribution in [0.4, 0.5) is 0 Å². The van der Waals surface area contributed by atoms with Crippen LogP contribution < -0.4 is 0 Å². The Bertz CT molecular complexity index is 309. The van der Waals surface area contributed by atoms with Crippen LogP contribution in [0.2, 0.25) is 0 Å². The summed E-state index contributed by atoms with van der Waals surface area (Å²) in [6.45, 7) is 8.05. The van der Waals surface area contributed by atoms with Gasteiger partial charge in [-0.2, -0.15) is 12.6 Å². The van der Waals surface area contributed by atoms with Crippen molar-refractivity contribution in [2.75, 3.05) is 19.3 Å². The second-order valence-electron chi connectivity index (χ2n) is 5.41. The van der Waals surface area contributed by atoms with Gasteiger partial charge in [0.05, 0.1) is 0 Å². The molecule has 0 radical (unpaired) electrons. The van der Waals surface area contributed by atoms with Gasteiger partial charge >= 0.3 is 0 Å². The fourth-order valence-electron chi connectivity index (χ4n) is 2.31. The Hall–Kier alpha value is 0.01000. The van der Waals surface area contributed by atoms with Crippen LogP contribution in [0, 0.1) is 5.41 Å². The van der Waals surface area contributed by atoms with Crippen LogP contribution in [0.5, 0.6) is 0 Å². The first kappa shape index (κ1) is 16.1. The van der Waals surface area contributed by atoms with Crippen LogP contribution in [0.3, 0.4) is 0 Å². The third-order valence-electron chi connectivity index (χ3n) is 4.25. The first-order valence-corrected chi connectivity index (χ1v) is 8.41. The molecule has 1 aromatic heterocycles. The van der Waals surface area contributed by atoms with Crippen LogP contribution in [0.15, 0.2) is 17.5 Å². The highest BCUT2D eigenvalue weighted by Gasteiger charge is 2.27. The predicted molar refractivity (Wildman–Crippen MR) is 87.0 cm³/mol. The van der Waals surface area contributed by atoms with Gasteiger partial charge in [0.1, 0.15) is 0 Å². The molecule has 18 heavy (non-hydrogen) atoms. The van der Waals surface area contributed by atoms with E-state index in [1.165, 1.54) is 17.7 Å². The molecular formula is C15H27NS2. The number of hydrogen-bond donors (Lipinski definition) is 1. The highest BCUT2D eigenvalue weighted by molar-refractivity contribution is 7.80. The maximum absolute atomic E-state index is 4.57. The molecule has 0 bridgehead atoms. The van der Waals surface area contributed by atoms with Crippen molar-refractivity contribution in [2.24, 2.45) is 5.41 Å². The molecule has 1 unspecified atom stereocenters. The maximum atomic E-state index is 4.57. The second-order valence-corrected chi connectivity index (χ2v) is 6.76. The molecule has 1 heterocycles. The van der Waals surface area contributed by atoms with Crippen LogP contribution in [0.25, 0.3) is 0 Å². The number of likely N-dealkylation sites (N-methyl/N-ethyl adjacent to an activating group) is 1. The Morgan fingerprint density at radius 2 is 2.06 bits per heavy atom. The molecule has 1 atom stereocenters. The summed E-state index contributed by atoms with van der Waals surface area (Å²) in [7, 11) is 2.25. The van der Waals surface area contributed by atoms with Crippen LogP contribution >= 0.6 is 24.0 Å². The van der Waals surface area contributed by atoms with Crippen molar-refractivity contribution in [2.45, 2.75) is 46.1 Å². The van der Waals surface area contributed by atoms with E-state index in [1.54, 1.807) is 0 Å². The predicted octanol–water partition coefficient (Wildman–Crippen LogP) is 4.35. The van der Waals surface area contributed by atoms with E-state index in [0.29, 0.717) is 11.5 Å². The lowest BCUT2D eigenvalue weighted by molar-refractivity contribution is 0.150. The molecule has 1 nitrogen and oxygen atoms in total. The fraction of sp³-hybridized carbons (Fsp3) is 0.733. The van der Waals surface area contributed by atoms with Gasteiger partial charge in [0.25, 0.3) is 0 Å². The molecular weight excluding hydrogens is 258 g/mol. The van der Waals surface area contributed by atoms with Crippen molar-refractivity contribution >= 4 is 24.0 Å². The lowest BCUT2D eigenvalue weighted by Gasteiger charge is -2.37. The number of thiophene rings is 1. The SMILES string of the molecule is CCC(CC)(CS)CN(C)C(C)Cc1cccs1. The molecule has 1 aromatic rings. The lowest BCUT2D eigenvalue weighted by Crippen LogP contribution is -2.41.